The number of halogens is 2. The zero-order valence-electron chi connectivity index (χ0n) is 14.1. The van der Waals surface area contributed by atoms with Crippen molar-refractivity contribution >= 4 is 29.1 Å². The molecule has 5 nitrogen and oxygen atoms in total. The molecule has 0 aliphatic heterocycles. The van der Waals surface area contributed by atoms with Gasteiger partial charge in [0.25, 0.3) is 5.91 Å². The summed E-state index contributed by atoms with van der Waals surface area (Å²) in [5.74, 6) is 1.11. The molecule has 0 atom stereocenters. The molecule has 0 unspecified atom stereocenters. The van der Waals surface area contributed by atoms with Gasteiger partial charge in [-0.1, -0.05) is 35.3 Å². The van der Waals surface area contributed by atoms with Crippen LogP contribution >= 0.6 is 23.2 Å². The first kappa shape index (κ1) is 18.3. The smallest absolute Gasteiger partial charge is 0.258 e. The summed E-state index contributed by atoms with van der Waals surface area (Å²) in [6, 6.07) is 12.8. The van der Waals surface area contributed by atoms with Crippen molar-refractivity contribution in [1.29, 1.82) is 0 Å². The predicted molar refractivity (Wildman–Crippen MR) is 102 cm³/mol. The first-order chi connectivity index (χ1) is 12.5. The molecular formula is C19H17Cl2N3O2. The van der Waals surface area contributed by atoms with Crippen LogP contribution in [0.25, 0.3) is 5.69 Å². The highest BCUT2D eigenvalue weighted by Gasteiger charge is 2.07. The van der Waals surface area contributed by atoms with Crippen molar-refractivity contribution in [3.63, 3.8) is 0 Å². The molecule has 0 bridgehead atoms. The van der Waals surface area contributed by atoms with Gasteiger partial charge in [0, 0.05) is 29.6 Å². The summed E-state index contributed by atoms with van der Waals surface area (Å²) in [7, 11) is 0. The Hall–Kier alpha value is -2.50. The van der Waals surface area contributed by atoms with Gasteiger partial charge in [-0.25, -0.2) is 4.98 Å². The normalized spacial score (nSPS) is 10.6. The van der Waals surface area contributed by atoms with Crippen LogP contribution in [0.3, 0.4) is 0 Å². The van der Waals surface area contributed by atoms with Crippen LogP contribution in [-0.2, 0) is 11.3 Å². The van der Waals surface area contributed by atoms with E-state index >= 15 is 0 Å². The van der Waals surface area contributed by atoms with Gasteiger partial charge < -0.3 is 14.6 Å². The van der Waals surface area contributed by atoms with Gasteiger partial charge in [0.2, 0.25) is 0 Å². The number of aryl methyl sites for hydroxylation is 1. The molecule has 7 heteroatoms. The highest BCUT2D eigenvalue weighted by molar-refractivity contribution is 6.35. The molecule has 26 heavy (non-hydrogen) atoms. The van der Waals surface area contributed by atoms with Gasteiger partial charge in [-0.15, -0.1) is 0 Å². The highest BCUT2D eigenvalue weighted by Crippen LogP contribution is 2.27. The fourth-order valence-electron chi connectivity index (χ4n) is 2.41. The second-order valence-corrected chi connectivity index (χ2v) is 6.49. The van der Waals surface area contributed by atoms with E-state index in [0.717, 1.165) is 17.1 Å². The van der Waals surface area contributed by atoms with Gasteiger partial charge in [-0.05, 0) is 42.8 Å². The van der Waals surface area contributed by atoms with Gasteiger partial charge in [-0.2, -0.15) is 0 Å². The van der Waals surface area contributed by atoms with Gasteiger partial charge in [0.1, 0.15) is 11.6 Å². The molecule has 1 heterocycles. The summed E-state index contributed by atoms with van der Waals surface area (Å²) in [5.41, 5.74) is 2.01. The molecule has 0 saturated heterocycles. The van der Waals surface area contributed by atoms with E-state index in [2.05, 4.69) is 10.3 Å². The van der Waals surface area contributed by atoms with Crippen molar-refractivity contribution in [2.45, 2.75) is 13.5 Å². The van der Waals surface area contributed by atoms with E-state index in [0.29, 0.717) is 22.3 Å². The zero-order chi connectivity index (χ0) is 18.5. The van der Waals surface area contributed by atoms with Crippen molar-refractivity contribution in [2.24, 2.45) is 0 Å². The quantitative estimate of drug-likeness (QED) is 0.687. The fraction of sp³-hybridized carbons (Fsp3) is 0.158. The number of hydrogen-bond donors (Lipinski definition) is 1. The molecule has 0 aliphatic rings. The lowest BCUT2D eigenvalue weighted by Gasteiger charge is -2.10. The Morgan fingerprint density at radius 3 is 2.62 bits per heavy atom. The summed E-state index contributed by atoms with van der Waals surface area (Å²) in [6.45, 7) is 2.24. The lowest BCUT2D eigenvalue weighted by atomic mass is 10.2. The number of aromatic nitrogens is 2. The minimum absolute atomic E-state index is 0.117. The molecule has 3 rings (SSSR count). The highest BCUT2D eigenvalue weighted by atomic mass is 35.5. The second kappa shape index (κ2) is 8.25. The number of rotatable bonds is 6. The van der Waals surface area contributed by atoms with Crippen molar-refractivity contribution in [3.05, 3.63) is 76.3 Å². The Morgan fingerprint density at radius 1 is 1.19 bits per heavy atom. The van der Waals surface area contributed by atoms with Gasteiger partial charge in [0.15, 0.2) is 6.61 Å². The summed E-state index contributed by atoms with van der Waals surface area (Å²) < 4.78 is 7.40. The van der Waals surface area contributed by atoms with E-state index in [9.17, 15) is 4.79 Å². The maximum atomic E-state index is 11.9. The Kier molecular flexibility index (Phi) is 5.81. The minimum Gasteiger partial charge on any atom is -0.482 e. The molecule has 0 fully saturated rings. The molecule has 3 aromatic rings. The number of nitrogens with zero attached hydrogens (tertiary/aromatic N) is 2. The van der Waals surface area contributed by atoms with Crippen LogP contribution in [0.15, 0.2) is 54.9 Å². The van der Waals surface area contributed by atoms with Crippen molar-refractivity contribution in [3.8, 4) is 11.4 Å². The molecule has 134 valence electrons. The molecule has 1 N–H and O–H groups in total. The summed E-state index contributed by atoms with van der Waals surface area (Å²) in [4.78, 5) is 16.2. The average Bonchev–Trinajstić information content (AvgIpc) is 3.05. The number of benzene rings is 2. The third kappa shape index (κ3) is 4.56. The number of nitrogens with one attached hydrogen (secondary N) is 1. The zero-order valence-corrected chi connectivity index (χ0v) is 15.6. The monoisotopic (exact) mass is 389 g/mol. The van der Waals surface area contributed by atoms with Crippen LogP contribution in [0, 0.1) is 6.92 Å². The number of ether oxygens (including phenoxy) is 1. The Balaban J connectivity index is 1.50. The van der Waals surface area contributed by atoms with E-state index < -0.39 is 0 Å². The van der Waals surface area contributed by atoms with E-state index in [1.165, 1.54) is 0 Å². The maximum Gasteiger partial charge on any atom is 0.258 e. The topological polar surface area (TPSA) is 56.2 Å². The number of amides is 1. The molecule has 1 amide bonds. The van der Waals surface area contributed by atoms with E-state index in [1.54, 1.807) is 24.4 Å². The largest absolute Gasteiger partial charge is 0.482 e. The third-order valence-electron chi connectivity index (χ3n) is 3.78. The molecule has 0 saturated carbocycles. The second-order valence-electron chi connectivity index (χ2n) is 5.65. The van der Waals surface area contributed by atoms with Crippen LogP contribution in [0.2, 0.25) is 10.0 Å². The minimum atomic E-state index is -0.231. The van der Waals surface area contributed by atoms with Gasteiger partial charge >= 0.3 is 0 Å². The van der Waals surface area contributed by atoms with Crippen LogP contribution in [0.4, 0.5) is 0 Å². The number of hydrogen-bond acceptors (Lipinski definition) is 3. The molecule has 1 aromatic heterocycles. The lowest BCUT2D eigenvalue weighted by molar-refractivity contribution is -0.123. The molecule has 0 spiro atoms. The van der Waals surface area contributed by atoms with Crippen LogP contribution in [-0.4, -0.2) is 22.1 Å². The van der Waals surface area contributed by atoms with Crippen molar-refractivity contribution in [2.75, 3.05) is 6.61 Å². The SMILES string of the molecule is Cc1nccn1-c1ccc(CNC(=O)COc2ccc(Cl)cc2Cl)cc1. The van der Waals surface area contributed by atoms with E-state index in [4.69, 9.17) is 27.9 Å². The number of carbonyl (C=O) groups is 1. The first-order valence-corrected chi connectivity index (χ1v) is 8.72. The van der Waals surface area contributed by atoms with E-state index in [1.807, 2.05) is 42.0 Å². The molecule has 0 radical (unpaired) electrons. The average molecular weight is 390 g/mol. The summed E-state index contributed by atoms with van der Waals surface area (Å²) in [6.07, 6.45) is 3.67. The van der Waals surface area contributed by atoms with Crippen LogP contribution in [0.1, 0.15) is 11.4 Å². The molecule has 2 aromatic carbocycles. The number of carbonyl (C=O) groups excluding carboxylic acids is 1. The maximum absolute atomic E-state index is 11.9. The standard InChI is InChI=1S/C19H17Cl2N3O2/c1-13-22-8-9-24(13)16-5-2-14(3-6-16)11-23-19(25)12-26-18-7-4-15(20)10-17(18)21/h2-10H,11-12H2,1H3,(H,23,25). The number of imidazole rings is 1. The van der Waals surface area contributed by atoms with Gasteiger partial charge in [0.05, 0.1) is 5.02 Å². The summed E-state index contributed by atoms with van der Waals surface area (Å²) in [5, 5.41) is 3.70. The van der Waals surface area contributed by atoms with Crippen molar-refractivity contribution < 1.29 is 9.53 Å². The fourth-order valence-corrected chi connectivity index (χ4v) is 2.88. The molecular weight excluding hydrogens is 373 g/mol. The Bertz CT molecular complexity index is 907. The van der Waals surface area contributed by atoms with Gasteiger partial charge in [-0.3, -0.25) is 4.79 Å². The molecule has 0 aliphatic carbocycles. The van der Waals surface area contributed by atoms with E-state index in [-0.39, 0.29) is 12.5 Å². The lowest BCUT2D eigenvalue weighted by Crippen LogP contribution is -2.28. The summed E-state index contributed by atoms with van der Waals surface area (Å²) >= 11 is 11.8. The predicted octanol–water partition coefficient (Wildman–Crippen LogP) is 4.18. The third-order valence-corrected chi connectivity index (χ3v) is 4.31. The Morgan fingerprint density at radius 2 is 1.96 bits per heavy atom. The Labute approximate surface area is 161 Å². The van der Waals surface area contributed by atoms with Crippen molar-refractivity contribution in [1.82, 2.24) is 14.9 Å². The van der Waals surface area contributed by atoms with Crippen LogP contribution in [0.5, 0.6) is 5.75 Å². The van der Waals surface area contributed by atoms with Crippen LogP contribution < -0.4 is 10.1 Å². The first-order valence-electron chi connectivity index (χ1n) is 7.97.